The van der Waals surface area contributed by atoms with Crippen LogP contribution < -0.4 is 14.4 Å². The third-order valence-electron chi connectivity index (χ3n) is 4.77. The maximum atomic E-state index is 13.4. The minimum atomic E-state index is -3.97. The number of sulfonamides is 1. The monoisotopic (exact) mass is 472 g/mol. The van der Waals surface area contributed by atoms with Crippen LogP contribution in [0.3, 0.4) is 0 Å². The van der Waals surface area contributed by atoms with E-state index >= 15 is 0 Å². The fourth-order valence-corrected chi connectivity index (χ4v) is 4.91. The first-order chi connectivity index (χ1) is 15.3. The summed E-state index contributed by atoms with van der Waals surface area (Å²) in [6.07, 6.45) is 0. The molecular formula is C24H25ClN2O4S. The van der Waals surface area contributed by atoms with Gasteiger partial charge in [-0.15, -0.1) is 0 Å². The van der Waals surface area contributed by atoms with Gasteiger partial charge in [0.25, 0.3) is 10.0 Å². The van der Waals surface area contributed by atoms with Gasteiger partial charge in [-0.1, -0.05) is 41.9 Å². The second kappa shape index (κ2) is 10.5. The number of anilines is 1. The summed E-state index contributed by atoms with van der Waals surface area (Å²) in [5, 5.41) is 3.28. The Hall–Kier alpha value is -3.03. The number of benzene rings is 3. The Bertz CT molecular complexity index is 1170. The lowest BCUT2D eigenvalue weighted by molar-refractivity contribution is -0.119. The zero-order valence-electron chi connectivity index (χ0n) is 17.9. The highest BCUT2D eigenvalue weighted by Crippen LogP contribution is 2.28. The van der Waals surface area contributed by atoms with E-state index < -0.39 is 15.9 Å². The van der Waals surface area contributed by atoms with Crippen molar-refractivity contribution >= 4 is 33.2 Å². The first-order valence-electron chi connectivity index (χ1n) is 10.1. The number of hydrogen-bond donors (Lipinski definition) is 1. The van der Waals surface area contributed by atoms with Crippen LogP contribution in [0.4, 0.5) is 5.69 Å². The highest BCUT2D eigenvalue weighted by molar-refractivity contribution is 7.92. The van der Waals surface area contributed by atoms with Crippen LogP contribution in [0.25, 0.3) is 0 Å². The van der Waals surface area contributed by atoms with E-state index in [1.54, 1.807) is 43.3 Å². The van der Waals surface area contributed by atoms with Crippen molar-refractivity contribution in [1.29, 1.82) is 0 Å². The lowest BCUT2D eigenvalue weighted by atomic mass is 10.2. The minimum Gasteiger partial charge on any atom is -0.494 e. The second-order valence-electron chi connectivity index (χ2n) is 7.11. The summed E-state index contributed by atoms with van der Waals surface area (Å²) in [6.45, 7) is 4.14. The lowest BCUT2D eigenvalue weighted by Gasteiger charge is -2.25. The maximum absolute atomic E-state index is 13.4. The Morgan fingerprint density at radius 2 is 1.72 bits per heavy atom. The normalized spacial score (nSPS) is 11.1. The van der Waals surface area contributed by atoms with Crippen LogP contribution in [0.1, 0.15) is 18.1 Å². The summed E-state index contributed by atoms with van der Waals surface area (Å²) in [6, 6.07) is 20.3. The average molecular weight is 473 g/mol. The van der Waals surface area contributed by atoms with Crippen molar-refractivity contribution in [2.45, 2.75) is 25.3 Å². The van der Waals surface area contributed by atoms with Crippen molar-refractivity contribution in [2.75, 3.05) is 17.5 Å². The lowest BCUT2D eigenvalue weighted by Crippen LogP contribution is -2.41. The molecule has 0 radical (unpaired) electrons. The van der Waals surface area contributed by atoms with Crippen LogP contribution in [0.2, 0.25) is 5.02 Å². The number of carbonyl (C=O) groups is 1. The summed E-state index contributed by atoms with van der Waals surface area (Å²) in [5.74, 6) is 0.327. The zero-order chi connectivity index (χ0) is 23.1. The van der Waals surface area contributed by atoms with Gasteiger partial charge in [-0.2, -0.15) is 0 Å². The molecule has 8 heteroatoms. The SMILES string of the molecule is CCOc1ccc(CNC(=O)CN(c2ccc(Cl)cc2C)S(=O)(=O)c2ccccc2)cc1. The van der Waals surface area contributed by atoms with Gasteiger partial charge >= 0.3 is 0 Å². The molecule has 0 spiro atoms. The largest absolute Gasteiger partial charge is 0.494 e. The molecule has 0 saturated heterocycles. The molecule has 0 aromatic heterocycles. The van der Waals surface area contributed by atoms with E-state index in [9.17, 15) is 13.2 Å². The summed E-state index contributed by atoms with van der Waals surface area (Å²) in [5.41, 5.74) is 1.92. The number of carbonyl (C=O) groups excluding carboxylic acids is 1. The number of hydrogen-bond acceptors (Lipinski definition) is 4. The standard InChI is InChI=1S/C24H25ClN2O4S/c1-3-31-21-12-9-19(10-13-21)16-26-24(28)17-27(23-14-11-20(25)15-18(23)2)32(29,30)22-7-5-4-6-8-22/h4-15H,3,16-17H2,1-2H3,(H,26,28). The molecule has 168 valence electrons. The Kier molecular flexibility index (Phi) is 7.77. The average Bonchev–Trinajstić information content (AvgIpc) is 2.78. The van der Waals surface area contributed by atoms with Crippen LogP contribution in [-0.4, -0.2) is 27.5 Å². The molecule has 0 aliphatic rings. The van der Waals surface area contributed by atoms with E-state index in [4.69, 9.17) is 16.3 Å². The molecular weight excluding hydrogens is 448 g/mol. The molecule has 0 bridgehead atoms. The van der Waals surface area contributed by atoms with Gasteiger partial charge in [0, 0.05) is 11.6 Å². The first-order valence-corrected chi connectivity index (χ1v) is 12.0. The first kappa shape index (κ1) is 23.6. The Morgan fingerprint density at radius 1 is 1.03 bits per heavy atom. The quantitative estimate of drug-likeness (QED) is 0.495. The smallest absolute Gasteiger partial charge is 0.264 e. The van der Waals surface area contributed by atoms with E-state index in [0.717, 1.165) is 15.6 Å². The number of nitrogens with zero attached hydrogens (tertiary/aromatic N) is 1. The third-order valence-corrected chi connectivity index (χ3v) is 6.78. The molecule has 0 atom stereocenters. The predicted molar refractivity (Wildman–Crippen MR) is 127 cm³/mol. The fraction of sp³-hybridized carbons (Fsp3) is 0.208. The third kappa shape index (κ3) is 5.81. The number of ether oxygens (including phenoxy) is 1. The number of nitrogens with one attached hydrogen (secondary N) is 1. The molecule has 0 saturated carbocycles. The van der Waals surface area contributed by atoms with Crippen LogP contribution in [0, 0.1) is 6.92 Å². The van der Waals surface area contributed by atoms with Crippen molar-refractivity contribution in [3.8, 4) is 5.75 Å². The zero-order valence-corrected chi connectivity index (χ0v) is 19.5. The summed E-state index contributed by atoms with van der Waals surface area (Å²) >= 11 is 6.05. The Morgan fingerprint density at radius 3 is 2.34 bits per heavy atom. The highest BCUT2D eigenvalue weighted by Gasteiger charge is 2.28. The number of halogens is 1. The van der Waals surface area contributed by atoms with E-state index in [1.165, 1.54) is 12.1 Å². The molecule has 1 N–H and O–H groups in total. The van der Waals surface area contributed by atoms with Crippen molar-refractivity contribution < 1.29 is 17.9 Å². The summed E-state index contributed by atoms with van der Waals surface area (Å²) in [4.78, 5) is 12.9. The van der Waals surface area contributed by atoms with Gasteiger partial charge in [0.15, 0.2) is 0 Å². The number of rotatable bonds is 9. The highest BCUT2D eigenvalue weighted by atomic mass is 35.5. The van der Waals surface area contributed by atoms with Crippen LogP contribution >= 0.6 is 11.6 Å². The molecule has 1 amide bonds. The van der Waals surface area contributed by atoms with E-state index in [-0.39, 0.29) is 18.0 Å². The van der Waals surface area contributed by atoms with Gasteiger partial charge < -0.3 is 10.1 Å². The van der Waals surface area contributed by atoms with E-state index in [2.05, 4.69) is 5.32 Å². The van der Waals surface area contributed by atoms with Gasteiger partial charge in [-0.25, -0.2) is 8.42 Å². The van der Waals surface area contributed by atoms with Gasteiger partial charge in [0.2, 0.25) is 5.91 Å². The molecule has 3 rings (SSSR count). The van der Waals surface area contributed by atoms with Crippen molar-refractivity contribution in [1.82, 2.24) is 5.32 Å². The van der Waals surface area contributed by atoms with Gasteiger partial charge in [0.1, 0.15) is 12.3 Å². The minimum absolute atomic E-state index is 0.105. The van der Waals surface area contributed by atoms with Gasteiger partial charge in [0.05, 0.1) is 17.2 Å². The maximum Gasteiger partial charge on any atom is 0.264 e. The van der Waals surface area contributed by atoms with Crippen LogP contribution in [-0.2, 0) is 21.4 Å². The van der Waals surface area contributed by atoms with Crippen LogP contribution in [0.15, 0.2) is 77.7 Å². The molecule has 0 aliphatic heterocycles. The molecule has 0 aliphatic carbocycles. The van der Waals surface area contributed by atoms with Crippen LogP contribution in [0.5, 0.6) is 5.75 Å². The molecule has 0 heterocycles. The molecule has 3 aromatic rings. The molecule has 0 fully saturated rings. The number of amides is 1. The van der Waals surface area contributed by atoms with E-state index in [1.807, 2.05) is 31.2 Å². The Labute approximate surface area is 193 Å². The van der Waals surface area contributed by atoms with Gasteiger partial charge in [-0.05, 0) is 67.4 Å². The summed E-state index contributed by atoms with van der Waals surface area (Å²) in [7, 11) is -3.97. The predicted octanol–water partition coefficient (Wildman–Crippen LogP) is 4.56. The molecule has 32 heavy (non-hydrogen) atoms. The van der Waals surface area contributed by atoms with E-state index in [0.29, 0.717) is 22.9 Å². The molecule has 6 nitrogen and oxygen atoms in total. The second-order valence-corrected chi connectivity index (χ2v) is 9.41. The molecule has 3 aromatic carbocycles. The van der Waals surface area contributed by atoms with Crippen molar-refractivity contribution in [3.05, 3.63) is 88.9 Å². The Balaban J connectivity index is 1.81. The van der Waals surface area contributed by atoms with Gasteiger partial charge in [-0.3, -0.25) is 9.10 Å². The molecule has 0 unspecified atom stereocenters. The van der Waals surface area contributed by atoms with Crippen molar-refractivity contribution in [3.63, 3.8) is 0 Å². The topological polar surface area (TPSA) is 75.7 Å². The number of aryl methyl sites for hydroxylation is 1. The fourth-order valence-electron chi connectivity index (χ4n) is 3.18. The van der Waals surface area contributed by atoms with Crippen molar-refractivity contribution in [2.24, 2.45) is 0 Å². The summed E-state index contributed by atoms with van der Waals surface area (Å²) < 4.78 is 33.3.